The zero-order valence-electron chi connectivity index (χ0n) is 10.6. The van der Waals surface area contributed by atoms with Gasteiger partial charge in [-0.05, 0) is 21.0 Å². The lowest BCUT2D eigenvalue weighted by molar-refractivity contribution is -0.00399. The van der Waals surface area contributed by atoms with Crippen molar-refractivity contribution in [1.82, 2.24) is 10.2 Å². The fraction of sp³-hybridized carbons (Fsp3) is 0.538. The van der Waals surface area contributed by atoms with E-state index in [1.165, 1.54) is 12.1 Å². The first-order valence-electron chi connectivity index (χ1n) is 5.74. The summed E-state index contributed by atoms with van der Waals surface area (Å²) in [6.45, 7) is 2.22. The Balaban J connectivity index is 2.46. The predicted molar refractivity (Wildman–Crippen MR) is 66.4 cm³/mol. The van der Waals surface area contributed by atoms with Crippen LogP contribution in [0.1, 0.15) is 12.5 Å². The molecule has 0 radical (unpaired) electrons. The lowest BCUT2D eigenvalue weighted by Gasteiger charge is -2.22. The zero-order chi connectivity index (χ0) is 12.9. The number of likely N-dealkylation sites (N-methyl/N-ethyl adjacent to an activating group) is 1. The first-order valence-corrected chi connectivity index (χ1v) is 5.74. The number of nitrogens with zero attached hydrogens (tertiary/aromatic N) is 1. The van der Waals surface area contributed by atoms with Crippen molar-refractivity contribution in [2.75, 3.05) is 27.2 Å². The van der Waals surface area contributed by atoms with Crippen LogP contribution in [-0.4, -0.2) is 38.1 Å². The molecule has 1 aromatic rings. The highest BCUT2D eigenvalue weighted by atomic mass is 19.3. The Kier molecular flexibility index (Phi) is 5.02. The van der Waals surface area contributed by atoms with E-state index >= 15 is 0 Å². The van der Waals surface area contributed by atoms with E-state index in [1.54, 1.807) is 18.2 Å². The fourth-order valence-electron chi connectivity index (χ4n) is 1.40. The molecule has 0 fully saturated rings. The highest BCUT2D eigenvalue weighted by Crippen LogP contribution is 2.26. The highest BCUT2D eigenvalue weighted by molar-refractivity contribution is 5.20. The van der Waals surface area contributed by atoms with Crippen molar-refractivity contribution >= 4 is 0 Å². The highest BCUT2D eigenvalue weighted by Gasteiger charge is 2.30. The summed E-state index contributed by atoms with van der Waals surface area (Å²) < 4.78 is 27.5. The van der Waals surface area contributed by atoms with E-state index in [-0.39, 0.29) is 18.2 Å². The number of hydrogen-bond acceptors (Lipinski definition) is 2. The summed E-state index contributed by atoms with van der Waals surface area (Å²) in [5, 5.41) is 2.81. The minimum absolute atomic E-state index is 0.0602. The summed E-state index contributed by atoms with van der Waals surface area (Å²) in [6.07, 6.45) is 0. The first kappa shape index (κ1) is 14.1. The third kappa shape index (κ3) is 4.40. The second-order valence-corrected chi connectivity index (χ2v) is 4.51. The largest absolute Gasteiger partial charge is 0.309 e. The van der Waals surface area contributed by atoms with Gasteiger partial charge in [-0.15, -0.1) is 0 Å². The van der Waals surface area contributed by atoms with Crippen LogP contribution in [0.5, 0.6) is 0 Å². The molecule has 0 heterocycles. The van der Waals surface area contributed by atoms with E-state index in [0.717, 1.165) is 0 Å². The van der Waals surface area contributed by atoms with Crippen molar-refractivity contribution < 1.29 is 8.78 Å². The predicted octanol–water partition coefficient (Wildman–Crippen LogP) is 2.32. The monoisotopic (exact) mass is 242 g/mol. The molecule has 0 aliphatic heterocycles. The standard InChI is InChI=1S/C13H20F2N2/c1-11(17(2)3)9-16-10-13(14,15)12-7-5-4-6-8-12/h4-8,11,16H,9-10H2,1-3H3. The van der Waals surface area contributed by atoms with Crippen LogP contribution in [0.15, 0.2) is 30.3 Å². The van der Waals surface area contributed by atoms with Gasteiger partial charge < -0.3 is 10.2 Å². The lowest BCUT2D eigenvalue weighted by Crippen LogP contribution is -2.39. The van der Waals surface area contributed by atoms with Gasteiger partial charge in [-0.3, -0.25) is 0 Å². The maximum Gasteiger partial charge on any atom is 0.285 e. The summed E-state index contributed by atoms with van der Waals surface area (Å²) in [4.78, 5) is 1.99. The summed E-state index contributed by atoms with van der Waals surface area (Å²) in [7, 11) is 3.86. The van der Waals surface area contributed by atoms with Gasteiger partial charge in [-0.2, -0.15) is 8.78 Å². The molecule has 0 aliphatic carbocycles. The van der Waals surface area contributed by atoms with Crippen molar-refractivity contribution in [2.45, 2.75) is 18.9 Å². The normalized spacial score (nSPS) is 14.0. The number of hydrogen-bond donors (Lipinski definition) is 1. The fourth-order valence-corrected chi connectivity index (χ4v) is 1.40. The third-order valence-corrected chi connectivity index (χ3v) is 2.86. The molecular weight excluding hydrogens is 222 g/mol. The van der Waals surface area contributed by atoms with E-state index in [2.05, 4.69) is 5.32 Å². The smallest absolute Gasteiger partial charge is 0.285 e. The summed E-state index contributed by atoms with van der Waals surface area (Å²) >= 11 is 0. The number of alkyl halides is 2. The Labute approximate surface area is 102 Å². The van der Waals surface area contributed by atoms with Crippen LogP contribution in [-0.2, 0) is 5.92 Å². The molecule has 1 aromatic carbocycles. The van der Waals surface area contributed by atoms with Crippen molar-refractivity contribution in [3.05, 3.63) is 35.9 Å². The molecule has 2 nitrogen and oxygen atoms in total. The van der Waals surface area contributed by atoms with E-state index < -0.39 is 5.92 Å². The van der Waals surface area contributed by atoms with Gasteiger partial charge in [-0.25, -0.2) is 0 Å². The lowest BCUT2D eigenvalue weighted by atomic mass is 10.1. The molecule has 4 heteroatoms. The Morgan fingerprint density at radius 2 is 1.82 bits per heavy atom. The number of benzene rings is 1. The van der Waals surface area contributed by atoms with Crippen molar-refractivity contribution in [1.29, 1.82) is 0 Å². The van der Waals surface area contributed by atoms with Crippen molar-refractivity contribution in [3.63, 3.8) is 0 Å². The second kappa shape index (κ2) is 6.07. The molecule has 96 valence electrons. The molecule has 0 saturated heterocycles. The SMILES string of the molecule is CC(CNCC(F)(F)c1ccccc1)N(C)C. The van der Waals surface area contributed by atoms with Gasteiger partial charge in [0.05, 0.1) is 6.54 Å². The zero-order valence-corrected chi connectivity index (χ0v) is 10.6. The van der Waals surface area contributed by atoms with E-state index in [4.69, 9.17) is 0 Å². The average Bonchev–Trinajstić information content (AvgIpc) is 2.29. The molecule has 1 rings (SSSR count). The Morgan fingerprint density at radius 3 is 2.35 bits per heavy atom. The summed E-state index contributed by atoms with van der Waals surface area (Å²) in [5.74, 6) is -2.81. The van der Waals surface area contributed by atoms with Crippen LogP contribution in [0.25, 0.3) is 0 Å². The molecule has 0 spiro atoms. The molecule has 17 heavy (non-hydrogen) atoms. The molecular formula is C13H20F2N2. The molecule has 0 amide bonds. The molecule has 0 aromatic heterocycles. The topological polar surface area (TPSA) is 15.3 Å². The first-order chi connectivity index (χ1) is 7.93. The molecule has 1 unspecified atom stereocenters. The van der Waals surface area contributed by atoms with Crippen LogP contribution in [0, 0.1) is 0 Å². The van der Waals surface area contributed by atoms with Crippen molar-refractivity contribution in [3.8, 4) is 0 Å². The van der Waals surface area contributed by atoms with E-state index in [1.807, 2.05) is 25.9 Å². The summed E-state index contributed by atoms with van der Waals surface area (Å²) in [6, 6.07) is 8.15. The third-order valence-electron chi connectivity index (χ3n) is 2.86. The van der Waals surface area contributed by atoms with Gasteiger partial charge in [0, 0.05) is 18.2 Å². The minimum atomic E-state index is -2.81. The second-order valence-electron chi connectivity index (χ2n) is 4.51. The molecule has 0 bridgehead atoms. The van der Waals surface area contributed by atoms with Gasteiger partial charge >= 0.3 is 0 Å². The maximum absolute atomic E-state index is 13.7. The maximum atomic E-state index is 13.7. The molecule has 0 aliphatic rings. The van der Waals surface area contributed by atoms with Crippen molar-refractivity contribution in [2.24, 2.45) is 0 Å². The molecule has 1 atom stereocenters. The van der Waals surface area contributed by atoms with Crippen LogP contribution >= 0.6 is 0 Å². The van der Waals surface area contributed by atoms with E-state index in [9.17, 15) is 8.78 Å². The average molecular weight is 242 g/mol. The van der Waals surface area contributed by atoms with Gasteiger partial charge in [0.1, 0.15) is 0 Å². The van der Waals surface area contributed by atoms with Gasteiger partial charge in [-0.1, -0.05) is 30.3 Å². The number of rotatable bonds is 6. The Morgan fingerprint density at radius 1 is 1.24 bits per heavy atom. The molecule has 1 N–H and O–H groups in total. The van der Waals surface area contributed by atoms with Crippen LogP contribution in [0.2, 0.25) is 0 Å². The van der Waals surface area contributed by atoms with Gasteiger partial charge in [0.2, 0.25) is 0 Å². The van der Waals surface area contributed by atoms with Gasteiger partial charge in [0.15, 0.2) is 0 Å². The van der Waals surface area contributed by atoms with Gasteiger partial charge in [0.25, 0.3) is 5.92 Å². The Hall–Kier alpha value is -1.00. The number of halogens is 2. The quantitative estimate of drug-likeness (QED) is 0.823. The summed E-state index contributed by atoms with van der Waals surface area (Å²) in [5.41, 5.74) is 0.0602. The minimum Gasteiger partial charge on any atom is -0.309 e. The number of nitrogens with one attached hydrogen (secondary N) is 1. The Bertz CT molecular complexity index is 325. The van der Waals surface area contributed by atoms with E-state index in [0.29, 0.717) is 6.54 Å². The van der Waals surface area contributed by atoms with Crippen LogP contribution in [0.3, 0.4) is 0 Å². The molecule has 0 saturated carbocycles. The van der Waals surface area contributed by atoms with Crippen LogP contribution in [0.4, 0.5) is 8.78 Å². The van der Waals surface area contributed by atoms with Crippen LogP contribution < -0.4 is 5.32 Å².